The van der Waals surface area contributed by atoms with Gasteiger partial charge in [0.2, 0.25) is 0 Å². The van der Waals surface area contributed by atoms with Gasteiger partial charge in [-0.15, -0.1) is 0 Å². The molecule has 4 aromatic carbocycles. The van der Waals surface area contributed by atoms with E-state index in [9.17, 15) is 18.0 Å². The molecular formula is C47H51NO9S. The number of methoxy groups -OCH3 is 3. The van der Waals surface area contributed by atoms with Gasteiger partial charge < -0.3 is 18.9 Å². The summed E-state index contributed by atoms with van der Waals surface area (Å²) < 4.78 is 54.7. The summed E-state index contributed by atoms with van der Waals surface area (Å²) in [4.78, 5) is 30.5. The number of carbonyl (C=O) groups is 2. The summed E-state index contributed by atoms with van der Waals surface area (Å²) in [7, 11) is 0.973. The van der Waals surface area contributed by atoms with Crippen molar-refractivity contribution < 1.29 is 41.1 Å². The van der Waals surface area contributed by atoms with Crippen molar-refractivity contribution in [1.82, 2.24) is 4.90 Å². The lowest BCUT2D eigenvalue weighted by molar-refractivity contribution is -0.115. The maximum atomic E-state index is 14.5. The summed E-state index contributed by atoms with van der Waals surface area (Å²) in [5.74, 6) is 1.81. The number of allylic oxidation sites excluding steroid dienone is 2. The summed E-state index contributed by atoms with van der Waals surface area (Å²) in [6, 6.07) is 25.7. The average Bonchev–Trinajstić information content (AvgIpc) is 3.55. The molecule has 0 radical (unpaired) electrons. The van der Waals surface area contributed by atoms with Crippen LogP contribution in [0.2, 0.25) is 0 Å². The van der Waals surface area contributed by atoms with Crippen LogP contribution >= 0.6 is 0 Å². The zero-order valence-corrected chi connectivity index (χ0v) is 35.0. The molecule has 58 heavy (non-hydrogen) atoms. The monoisotopic (exact) mass is 805 g/mol. The highest BCUT2D eigenvalue weighted by Crippen LogP contribution is 2.55. The van der Waals surface area contributed by atoms with Crippen molar-refractivity contribution in [3.63, 3.8) is 0 Å². The molecule has 1 aliphatic heterocycles. The van der Waals surface area contributed by atoms with Crippen LogP contribution in [0, 0.1) is 12.8 Å². The highest BCUT2D eigenvalue weighted by molar-refractivity contribution is 7.86. The SMILES string of the molecule is COc1cccc([C@]23C=C(c4cc(OC)ccc4C4=CCC(CCOS(=O)(=O)c5ccc(C)cc5)CC4=O)CN(C(=O)OC(C)(C)C)[C@H]2Cc2cccc(OC)c23)c1. The zero-order valence-electron chi connectivity index (χ0n) is 34.2. The van der Waals surface area contributed by atoms with E-state index in [0.717, 1.165) is 39.0 Å². The fourth-order valence-electron chi connectivity index (χ4n) is 8.62. The second-order valence-corrected chi connectivity index (χ2v) is 17.8. The van der Waals surface area contributed by atoms with Crippen molar-refractivity contribution in [1.29, 1.82) is 0 Å². The Balaban J connectivity index is 1.31. The Hall–Kier alpha value is -5.39. The Labute approximate surface area is 341 Å². The molecule has 0 aromatic heterocycles. The van der Waals surface area contributed by atoms with Gasteiger partial charge in [-0.3, -0.25) is 13.9 Å². The number of hydrogen-bond acceptors (Lipinski definition) is 9. The van der Waals surface area contributed by atoms with Gasteiger partial charge in [0, 0.05) is 24.1 Å². The van der Waals surface area contributed by atoms with E-state index in [1.807, 2.05) is 87.2 Å². The second-order valence-electron chi connectivity index (χ2n) is 16.2. The molecule has 2 aliphatic carbocycles. The molecule has 304 valence electrons. The molecule has 3 aliphatic rings. The van der Waals surface area contributed by atoms with Crippen LogP contribution in [0.4, 0.5) is 4.79 Å². The number of Topliss-reactive ketones (excluding diaryl/α,β-unsaturated/α-hetero) is 1. The zero-order chi connectivity index (χ0) is 41.4. The standard InChI is InChI=1S/C47H51NO9S/c1-30-14-18-37(19-15-30)58(51,52)56-23-22-31-16-20-39(41(49)24-31)38-21-17-36(54-6)27-40(38)33-28-47(34-11-9-12-35(26-34)53-5)43(48(29-33)45(50)57-46(2,3)4)25-32-10-8-13-42(55-7)44(32)47/h8-15,17-21,26-28,31,43H,16,22-25,29H2,1-7H3/t31?,43-,47+/m0/s1. The first-order valence-electron chi connectivity index (χ1n) is 19.6. The van der Waals surface area contributed by atoms with Gasteiger partial charge in [0.05, 0.1) is 44.3 Å². The van der Waals surface area contributed by atoms with Crippen LogP contribution < -0.4 is 14.2 Å². The first kappa shape index (κ1) is 40.8. The predicted molar refractivity (Wildman–Crippen MR) is 223 cm³/mol. The van der Waals surface area contributed by atoms with Gasteiger partial charge in [0.1, 0.15) is 22.8 Å². The van der Waals surface area contributed by atoms with Crippen LogP contribution in [0.25, 0.3) is 11.1 Å². The van der Waals surface area contributed by atoms with Crippen LogP contribution in [0.15, 0.2) is 102 Å². The van der Waals surface area contributed by atoms with E-state index in [1.54, 1.807) is 33.5 Å². The van der Waals surface area contributed by atoms with Crippen molar-refractivity contribution in [2.75, 3.05) is 34.5 Å². The Morgan fingerprint density at radius 3 is 2.28 bits per heavy atom. The minimum Gasteiger partial charge on any atom is -0.497 e. The molecule has 10 nitrogen and oxygen atoms in total. The van der Waals surface area contributed by atoms with E-state index in [1.165, 1.54) is 12.1 Å². The molecule has 7 rings (SSSR count). The minimum absolute atomic E-state index is 0.0308. The number of amides is 1. The molecule has 0 saturated carbocycles. The van der Waals surface area contributed by atoms with Gasteiger partial charge in [0.25, 0.3) is 10.1 Å². The molecule has 3 atom stereocenters. The summed E-state index contributed by atoms with van der Waals surface area (Å²) in [6.45, 7) is 7.64. The lowest BCUT2D eigenvalue weighted by Gasteiger charge is -2.46. The summed E-state index contributed by atoms with van der Waals surface area (Å²) in [6.07, 6.45) is 5.48. The lowest BCUT2D eigenvalue weighted by atomic mass is 9.68. The van der Waals surface area contributed by atoms with E-state index in [2.05, 4.69) is 18.2 Å². The maximum absolute atomic E-state index is 14.5. The summed E-state index contributed by atoms with van der Waals surface area (Å²) in [5.41, 5.74) is 5.05. The number of ketones is 1. The fourth-order valence-corrected chi connectivity index (χ4v) is 9.54. The molecule has 0 saturated heterocycles. The number of carbonyl (C=O) groups excluding carboxylic acids is 2. The molecule has 11 heteroatoms. The van der Waals surface area contributed by atoms with Gasteiger partial charge in [0.15, 0.2) is 5.78 Å². The highest BCUT2D eigenvalue weighted by atomic mass is 32.2. The van der Waals surface area contributed by atoms with Crippen LogP contribution in [-0.2, 0) is 35.7 Å². The van der Waals surface area contributed by atoms with E-state index in [-0.39, 0.29) is 42.2 Å². The molecule has 0 N–H and O–H groups in total. The Morgan fingerprint density at radius 1 is 0.862 bits per heavy atom. The van der Waals surface area contributed by atoms with Crippen LogP contribution in [0.1, 0.15) is 73.4 Å². The molecular weight excluding hydrogens is 755 g/mol. The normalized spacial score (nSPS) is 20.4. The molecule has 1 amide bonds. The smallest absolute Gasteiger partial charge is 0.410 e. The molecule has 0 fully saturated rings. The Bertz CT molecular complexity index is 2390. The number of ether oxygens (including phenoxy) is 4. The molecule has 1 heterocycles. The first-order chi connectivity index (χ1) is 27.7. The first-order valence-corrected chi connectivity index (χ1v) is 21.0. The number of rotatable bonds is 11. The molecule has 1 unspecified atom stereocenters. The predicted octanol–water partition coefficient (Wildman–Crippen LogP) is 8.72. The highest BCUT2D eigenvalue weighted by Gasteiger charge is 2.55. The third-order valence-electron chi connectivity index (χ3n) is 11.3. The number of fused-ring (bicyclic) bond motifs is 3. The third kappa shape index (κ3) is 7.89. The van der Waals surface area contributed by atoms with E-state index < -0.39 is 27.2 Å². The average molecular weight is 806 g/mol. The van der Waals surface area contributed by atoms with E-state index >= 15 is 0 Å². The van der Waals surface area contributed by atoms with Crippen molar-refractivity contribution in [3.8, 4) is 17.2 Å². The van der Waals surface area contributed by atoms with Crippen LogP contribution in [0.5, 0.6) is 17.2 Å². The summed E-state index contributed by atoms with van der Waals surface area (Å²) in [5, 5.41) is 0. The number of benzene rings is 4. The van der Waals surface area contributed by atoms with Crippen molar-refractivity contribution in [3.05, 3.63) is 130 Å². The molecule has 0 spiro atoms. The molecule has 4 aromatic rings. The van der Waals surface area contributed by atoms with Crippen LogP contribution in [-0.4, -0.2) is 71.3 Å². The Morgan fingerprint density at radius 2 is 1.59 bits per heavy atom. The summed E-state index contributed by atoms with van der Waals surface area (Å²) >= 11 is 0. The quantitative estimate of drug-likeness (QED) is 0.137. The van der Waals surface area contributed by atoms with Gasteiger partial charge in [-0.05, 0) is 129 Å². The van der Waals surface area contributed by atoms with Gasteiger partial charge in [-0.1, -0.05) is 54.1 Å². The van der Waals surface area contributed by atoms with Gasteiger partial charge in [-0.2, -0.15) is 8.42 Å². The van der Waals surface area contributed by atoms with Crippen molar-refractivity contribution in [2.45, 2.75) is 75.3 Å². The molecule has 0 bridgehead atoms. The van der Waals surface area contributed by atoms with E-state index in [4.69, 9.17) is 23.1 Å². The third-order valence-corrected chi connectivity index (χ3v) is 12.7. The topological polar surface area (TPSA) is 118 Å². The minimum atomic E-state index is -3.92. The van der Waals surface area contributed by atoms with Gasteiger partial charge in [-0.25, -0.2) is 4.79 Å². The van der Waals surface area contributed by atoms with Crippen LogP contribution in [0.3, 0.4) is 0 Å². The van der Waals surface area contributed by atoms with Crippen molar-refractivity contribution in [2.24, 2.45) is 5.92 Å². The Kier molecular flexibility index (Phi) is 11.3. The number of aryl methyl sites for hydroxylation is 1. The number of hydrogen-bond donors (Lipinski definition) is 0. The largest absolute Gasteiger partial charge is 0.497 e. The lowest BCUT2D eigenvalue weighted by Crippen LogP contribution is -2.55. The maximum Gasteiger partial charge on any atom is 0.410 e. The van der Waals surface area contributed by atoms with Crippen molar-refractivity contribution >= 4 is 33.1 Å². The number of nitrogens with zero attached hydrogens (tertiary/aromatic N) is 1. The van der Waals surface area contributed by atoms with E-state index in [0.29, 0.717) is 42.1 Å². The van der Waals surface area contributed by atoms with Gasteiger partial charge >= 0.3 is 6.09 Å². The fraction of sp³-hybridized carbons (Fsp3) is 0.362. The second kappa shape index (κ2) is 16.1.